The molecule has 4 N–H and O–H groups in total. The number of phenols is 1. The number of ether oxygens (including phenoxy) is 1. The molecule has 1 unspecified atom stereocenters. The van der Waals surface area contributed by atoms with Gasteiger partial charge in [-0.3, -0.25) is 0 Å². The molecule has 1 aromatic heterocycles. The minimum Gasteiger partial charge on any atom is -0.508 e. The maximum atomic E-state index is 10.2. The summed E-state index contributed by atoms with van der Waals surface area (Å²) in [4.78, 5) is 0. The zero-order valence-corrected chi connectivity index (χ0v) is 15.8. The van der Waals surface area contributed by atoms with Gasteiger partial charge in [-0.2, -0.15) is 0 Å². The summed E-state index contributed by atoms with van der Waals surface area (Å²) in [5.74, 6) is 1.01. The van der Waals surface area contributed by atoms with Crippen LogP contribution in [0, 0.1) is 0 Å². The Morgan fingerprint density at radius 3 is 2.70 bits per heavy atom. The van der Waals surface area contributed by atoms with Gasteiger partial charge in [-0.1, -0.05) is 18.9 Å². The van der Waals surface area contributed by atoms with E-state index in [0.717, 1.165) is 51.0 Å². The quantitative estimate of drug-likeness (QED) is 0.378. The van der Waals surface area contributed by atoms with E-state index < -0.39 is 6.10 Å². The number of benzene rings is 1. The van der Waals surface area contributed by atoms with Gasteiger partial charge in [-0.15, -0.1) is 0 Å². The molecule has 2 rings (SSSR count). The van der Waals surface area contributed by atoms with Gasteiger partial charge in [0, 0.05) is 25.1 Å². The van der Waals surface area contributed by atoms with Crippen molar-refractivity contribution in [2.24, 2.45) is 0 Å². The minimum absolute atomic E-state index is 0.0476. The molecule has 1 aromatic carbocycles. The van der Waals surface area contributed by atoms with Crippen LogP contribution in [0.3, 0.4) is 0 Å². The van der Waals surface area contributed by atoms with Crippen LogP contribution in [0.2, 0.25) is 0 Å². The van der Waals surface area contributed by atoms with E-state index in [4.69, 9.17) is 14.3 Å². The van der Waals surface area contributed by atoms with Gasteiger partial charge in [0.25, 0.3) is 0 Å². The first kappa shape index (κ1) is 21.4. The Hall–Kier alpha value is -1.86. The van der Waals surface area contributed by atoms with E-state index in [2.05, 4.69) is 5.32 Å². The summed E-state index contributed by atoms with van der Waals surface area (Å²) in [6, 6.07) is 8.65. The molecule has 6 heteroatoms. The molecule has 0 bridgehead atoms. The monoisotopic (exact) mass is 377 g/mol. The first-order chi connectivity index (χ1) is 13.2. The van der Waals surface area contributed by atoms with Crippen molar-refractivity contribution in [1.29, 1.82) is 0 Å². The van der Waals surface area contributed by atoms with Crippen molar-refractivity contribution in [2.75, 3.05) is 26.3 Å². The average molecular weight is 377 g/mol. The first-order valence-electron chi connectivity index (χ1n) is 9.62. The second-order valence-corrected chi connectivity index (χ2v) is 6.62. The molecule has 0 saturated heterocycles. The second kappa shape index (κ2) is 12.5. The van der Waals surface area contributed by atoms with Crippen LogP contribution in [0.15, 0.2) is 41.0 Å². The standard InChI is InChI=1S/C21H31NO5/c23-16-18-14-17(7-8-20(18)24)21(25)15-22-10-3-1-2-4-11-26-13-9-19-6-5-12-27-19/h5-8,12,14,21-25H,1-4,9-11,13,15-16H2. The number of aliphatic hydroxyl groups excluding tert-OH is 2. The Morgan fingerprint density at radius 2 is 1.93 bits per heavy atom. The summed E-state index contributed by atoms with van der Waals surface area (Å²) >= 11 is 0. The fraction of sp³-hybridized carbons (Fsp3) is 0.524. The lowest BCUT2D eigenvalue weighted by Gasteiger charge is -2.14. The molecule has 0 spiro atoms. The summed E-state index contributed by atoms with van der Waals surface area (Å²) in [6.45, 7) is 2.53. The van der Waals surface area contributed by atoms with Crippen LogP contribution in [0.25, 0.3) is 0 Å². The van der Waals surface area contributed by atoms with Gasteiger partial charge < -0.3 is 29.8 Å². The van der Waals surface area contributed by atoms with Crippen LogP contribution in [-0.4, -0.2) is 41.6 Å². The summed E-state index contributed by atoms with van der Waals surface area (Å²) in [5, 5.41) is 32.1. The third-order valence-electron chi connectivity index (χ3n) is 4.46. The third kappa shape index (κ3) is 8.13. The lowest BCUT2D eigenvalue weighted by atomic mass is 10.1. The highest BCUT2D eigenvalue weighted by Gasteiger charge is 2.09. The fourth-order valence-corrected chi connectivity index (χ4v) is 2.83. The van der Waals surface area contributed by atoms with Crippen molar-refractivity contribution in [3.05, 3.63) is 53.5 Å². The first-order valence-corrected chi connectivity index (χ1v) is 9.62. The minimum atomic E-state index is -0.654. The normalized spacial score (nSPS) is 12.4. The predicted molar refractivity (Wildman–Crippen MR) is 104 cm³/mol. The fourth-order valence-electron chi connectivity index (χ4n) is 2.83. The maximum absolute atomic E-state index is 10.2. The average Bonchev–Trinajstić information content (AvgIpc) is 3.19. The Balaban J connectivity index is 1.44. The van der Waals surface area contributed by atoms with Gasteiger partial charge in [-0.25, -0.2) is 0 Å². The van der Waals surface area contributed by atoms with E-state index in [1.807, 2.05) is 12.1 Å². The van der Waals surface area contributed by atoms with Crippen molar-refractivity contribution in [3.8, 4) is 5.75 Å². The largest absolute Gasteiger partial charge is 0.508 e. The number of unbranched alkanes of at least 4 members (excludes halogenated alkanes) is 3. The third-order valence-corrected chi connectivity index (χ3v) is 4.46. The summed E-state index contributed by atoms with van der Waals surface area (Å²) < 4.78 is 10.8. The molecule has 1 atom stereocenters. The molecular weight excluding hydrogens is 346 g/mol. The van der Waals surface area contributed by atoms with Gasteiger partial charge >= 0.3 is 0 Å². The van der Waals surface area contributed by atoms with Crippen LogP contribution in [0.5, 0.6) is 5.75 Å². The van der Waals surface area contributed by atoms with Crippen molar-refractivity contribution < 1.29 is 24.5 Å². The zero-order valence-electron chi connectivity index (χ0n) is 15.8. The van der Waals surface area contributed by atoms with Gasteiger partial charge in [0.2, 0.25) is 0 Å². The van der Waals surface area contributed by atoms with E-state index in [9.17, 15) is 10.2 Å². The Morgan fingerprint density at radius 1 is 1.07 bits per heavy atom. The van der Waals surface area contributed by atoms with Crippen LogP contribution in [0.1, 0.15) is 48.7 Å². The number of hydrogen-bond donors (Lipinski definition) is 4. The molecule has 1 heterocycles. The summed E-state index contributed by atoms with van der Waals surface area (Å²) in [7, 11) is 0. The Bertz CT molecular complexity index is 630. The molecule has 6 nitrogen and oxygen atoms in total. The molecule has 0 saturated carbocycles. The Kier molecular flexibility index (Phi) is 9.94. The number of furan rings is 1. The summed E-state index contributed by atoms with van der Waals surface area (Å²) in [6.07, 6.45) is 6.20. The lowest BCUT2D eigenvalue weighted by Crippen LogP contribution is -2.22. The SMILES string of the molecule is OCc1cc(C(O)CNCCCCCCOCCc2ccco2)ccc1O. The van der Waals surface area contributed by atoms with Crippen LogP contribution < -0.4 is 5.32 Å². The van der Waals surface area contributed by atoms with E-state index >= 15 is 0 Å². The number of hydrogen-bond acceptors (Lipinski definition) is 6. The smallest absolute Gasteiger partial charge is 0.121 e. The topological polar surface area (TPSA) is 95.1 Å². The molecule has 0 aliphatic carbocycles. The molecule has 27 heavy (non-hydrogen) atoms. The van der Waals surface area contributed by atoms with E-state index in [0.29, 0.717) is 24.3 Å². The van der Waals surface area contributed by atoms with Crippen LogP contribution in [-0.2, 0) is 17.8 Å². The maximum Gasteiger partial charge on any atom is 0.121 e. The van der Waals surface area contributed by atoms with Crippen molar-refractivity contribution in [1.82, 2.24) is 5.32 Å². The second-order valence-electron chi connectivity index (χ2n) is 6.62. The number of aromatic hydroxyl groups is 1. The zero-order chi connectivity index (χ0) is 19.3. The van der Waals surface area contributed by atoms with E-state index in [1.165, 1.54) is 6.07 Å². The van der Waals surface area contributed by atoms with E-state index in [-0.39, 0.29) is 12.4 Å². The highest BCUT2D eigenvalue weighted by atomic mass is 16.5. The molecular formula is C21H31NO5. The van der Waals surface area contributed by atoms with Crippen LogP contribution in [0.4, 0.5) is 0 Å². The van der Waals surface area contributed by atoms with Gasteiger partial charge in [0.05, 0.1) is 25.6 Å². The highest BCUT2D eigenvalue weighted by molar-refractivity contribution is 5.36. The molecule has 150 valence electrons. The highest BCUT2D eigenvalue weighted by Crippen LogP contribution is 2.22. The van der Waals surface area contributed by atoms with Gasteiger partial charge in [-0.05, 0) is 49.2 Å². The number of nitrogens with one attached hydrogen (secondary N) is 1. The lowest BCUT2D eigenvalue weighted by molar-refractivity contribution is 0.129. The van der Waals surface area contributed by atoms with E-state index in [1.54, 1.807) is 18.4 Å². The van der Waals surface area contributed by atoms with Crippen molar-refractivity contribution in [2.45, 2.75) is 44.8 Å². The van der Waals surface area contributed by atoms with Gasteiger partial charge in [0.1, 0.15) is 11.5 Å². The van der Waals surface area contributed by atoms with Crippen molar-refractivity contribution in [3.63, 3.8) is 0 Å². The molecule has 0 radical (unpaired) electrons. The van der Waals surface area contributed by atoms with Crippen molar-refractivity contribution >= 4 is 0 Å². The molecule has 0 fully saturated rings. The predicted octanol–water partition coefficient (Wildman–Crippen LogP) is 2.92. The number of rotatable bonds is 14. The molecule has 2 aromatic rings. The Labute approximate surface area is 160 Å². The van der Waals surface area contributed by atoms with Crippen LogP contribution >= 0.6 is 0 Å². The summed E-state index contributed by atoms with van der Waals surface area (Å²) in [5.41, 5.74) is 1.12. The number of aliphatic hydroxyl groups is 2. The molecule has 0 aliphatic heterocycles. The van der Waals surface area contributed by atoms with Gasteiger partial charge in [0.15, 0.2) is 0 Å². The molecule has 0 aliphatic rings. The molecule has 0 amide bonds.